The Morgan fingerprint density at radius 1 is 1.21 bits per heavy atom. The van der Waals surface area contributed by atoms with E-state index in [1.54, 1.807) is 18.2 Å². The molecular weight excluding hydrogens is 535 g/mol. The van der Waals surface area contributed by atoms with E-state index in [0.717, 1.165) is 28.6 Å². The molecule has 1 heterocycles. The highest BCUT2D eigenvalue weighted by molar-refractivity contribution is 9.10. The van der Waals surface area contributed by atoms with Gasteiger partial charge in [-0.25, -0.2) is 0 Å². The summed E-state index contributed by atoms with van der Waals surface area (Å²) in [6.45, 7) is 0.846. The third-order valence-corrected chi connectivity index (χ3v) is 6.31. The molecule has 0 spiro atoms. The average Bonchev–Trinajstić information content (AvgIpc) is 3.58. The van der Waals surface area contributed by atoms with Crippen LogP contribution in [0, 0.1) is 0 Å². The predicted octanol–water partition coefficient (Wildman–Crippen LogP) is 6.59. The van der Waals surface area contributed by atoms with Gasteiger partial charge in [-0.1, -0.05) is 39.7 Å². The molecule has 3 aromatic rings. The molecule has 0 saturated heterocycles. The van der Waals surface area contributed by atoms with Gasteiger partial charge in [-0.05, 0) is 61.2 Å². The van der Waals surface area contributed by atoms with E-state index in [2.05, 4.69) is 26.3 Å². The van der Waals surface area contributed by atoms with Crippen LogP contribution >= 0.6 is 27.5 Å². The molecule has 1 aliphatic carbocycles. The number of rotatable bonds is 9. The Hall–Kier alpha value is -2.52. The number of nitrogens with one attached hydrogen (secondary N) is 1. The fraction of sp³-hybridized carbons (Fsp3) is 0.333. The quantitative estimate of drug-likeness (QED) is 0.302. The van der Waals surface area contributed by atoms with Crippen LogP contribution in [0.5, 0.6) is 5.75 Å². The largest absolute Gasteiger partial charge is 0.489 e. The van der Waals surface area contributed by atoms with Gasteiger partial charge in [0.2, 0.25) is 0 Å². The molecule has 0 bridgehead atoms. The Bertz CT molecular complexity index is 1160. The fourth-order valence-corrected chi connectivity index (χ4v) is 4.25. The maximum Gasteiger partial charge on any atom is 0.436 e. The molecule has 0 aliphatic heterocycles. The van der Waals surface area contributed by atoms with Crippen LogP contribution in [0.4, 0.5) is 13.2 Å². The fourth-order valence-electron chi connectivity index (χ4n) is 3.58. The second-order valence-corrected chi connectivity index (χ2v) is 9.39. The zero-order chi connectivity index (χ0) is 24.3. The molecular formula is C24H22BrClF3N3O2. The lowest BCUT2D eigenvalue weighted by Gasteiger charge is -2.10. The number of ether oxygens (including phenoxy) is 1. The lowest BCUT2D eigenvalue weighted by Crippen LogP contribution is -2.25. The summed E-state index contributed by atoms with van der Waals surface area (Å²) in [6.07, 6.45) is -2.55. The molecule has 10 heteroatoms. The maximum atomic E-state index is 13.2. The van der Waals surface area contributed by atoms with Crippen molar-refractivity contribution in [3.8, 4) is 5.75 Å². The summed E-state index contributed by atoms with van der Waals surface area (Å²) in [6, 6.07) is 14.6. The molecule has 1 saturated carbocycles. The molecule has 0 unspecified atom stereocenters. The Morgan fingerprint density at radius 3 is 2.62 bits per heavy atom. The van der Waals surface area contributed by atoms with Gasteiger partial charge in [-0.15, -0.1) is 0 Å². The lowest BCUT2D eigenvalue weighted by molar-refractivity contribution is -0.141. The predicted molar refractivity (Wildman–Crippen MR) is 126 cm³/mol. The van der Waals surface area contributed by atoms with Crippen molar-refractivity contribution >= 4 is 33.4 Å². The maximum absolute atomic E-state index is 13.2. The Kier molecular flexibility index (Phi) is 7.52. The summed E-state index contributed by atoms with van der Waals surface area (Å²) >= 11 is 9.37. The molecule has 34 heavy (non-hydrogen) atoms. The van der Waals surface area contributed by atoms with E-state index in [-0.39, 0.29) is 23.4 Å². The van der Waals surface area contributed by atoms with Crippen LogP contribution in [0.1, 0.15) is 52.5 Å². The third-order valence-electron chi connectivity index (χ3n) is 5.40. The number of carbonyl (C=O) groups is 1. The minimum absolute atomic E-state index is 0.0214. The van der Waals surface area contributed by atoms with Crippen molar-refractivity contribution in [3.63, 3.8) is 0 Å². The van der Waals surface area contributed by atoms with Gasteiger partial charge in [0.1, 0.15) is 12.4 Å². The van der Waals surface area contributed by atoms with Crippen molar-refractivity contribution in [1.82, 2.24) is 15.1 Å². The molecule has 1 fully saturated rings. The number of halogens is 5. The highest BCUT2D eigenvalue weighted by atomic mass is 79.9. The van der Waals surface area contributed by atoms with Crippen molar-refractivity contribution in [2.75, 3.05) is 6.54 Å². The van der Waals surface area contributed by atoms with Crippen LogP contribution in [0.15, 0.2) is 53.0 Å². The Balaban J connectivity index is 1.30. The SMILES string of the molecule is O=C(NCCCn1nc(C(F)(F)F)c(Cl)c1C1CC1)c1cccc(COc2ccc(Br)cc2)c1. The summed E-state index contributed by atoms with van der Waals surface area (Å²) in [7, 11) is 0. The number of carbonyl (C=O) groups excluding carboxylic acids is 1. The Labute approximate surface area is 208 Å². The highest BCUT2D eigenvalue weighted by Crippen LogP contribution is 2.46. The first-order valence-electron chi connectivity index (χ1n) is 10.8. The summed E-state index contributed by atoms with van der Waals surface area (Å²) in [5.74, 6) is 0.478. The zero-order valence-electron chi connectivity index (χ0n) is 18.0. The van der Waals surface area contributed by atoms with E-state index < -0.39 is 11.9 Å². The molecule has 1 N–H and O–H groups in total. The van der Waals surface area contributed by atoms with Gasteiger partial charge < -0.3 is 10.1 Å². The van der Waals surface area contributed by atoms with Crippen molar-refractivity contribution in [2.24, 2.45) is 0 Å². The molecule has 1 aromatic heterocycles. The molecule has 1 amide bonds. The molecule has 180 valence electrons. The Morgan fingerprint density at radius 2 is 1.94 bits per heavy atom. The van der Waals surface area contributed by atoms with E-state index in [1.807, 2.05) is 30.3 Å². The van der Waals surface area contributed by atoms with Gasteiger partial charge in [0.05, 0.1) is 10.7 Å². The smallest absolute Gasteiger partial charge is 0.436 e. The molecule has 4 rings (SSSR count). The second-order valence-electron chi connectivity index (χ2n) is 8.10. The summed E-state index contributed by atoms with van der Waals surface area (Å²) in [5.41, 5.74) is 0.730. The topological polar surface area (TPSA) is 56.2 Å². The van der Waals surface area contributed by atoms with Crippen molar-refractivity contribution in [1.29, 1.82) is 0 Å². The van der Waals surface area contributed by atoms with Crippen molar-refractivity contribution in [3.05, 3.63) is 80.5 Å². The molecule has 0 atom stereocenters. The standard InChI is InChI=1S/C24H22BrClF3N3O2/c25-18-7-9-19(10-8-18)34-14-15-3-1-4-17(13-15)23(33)30-11-2-12-32-21(16-5-6-16)20(26)22(31-32)24(27,28)29/h1,3-4,7-10,13,16H,2,5-6,11-12,14H2,(H,30,33). The van der Waals surface area contributed by atoms with Gasteiger partial charge in [-0.3, -0.25) is 9.48 Å². The first-order chi connectivity index (χ1) is 16.2. The van der Waals surface area contributed by atoms with Crippen molar-refractivity contribution < 1.29 is 22.7 Å². The molecule has 0 radical (unpaired) electrons. The van der Waals surface area contributed by atoms with Gasteiger partial charge in [-0.2, -0.15) is 18.3 Å². The third kappa shape index (κ3) is 6.13. The summed E-state index contributed by atoms with van der Waals surface area (Å²) < 4.78 is 47.6. The van der Waals surface area contributed by atoms with Crippen LogP contribution in [0.3, 0.4) is 0 Å². The number of aromatic nitrogens is 2. The van der Waals surface area contributed by atoms with Crippen LogP contribution < -0.4 is 10.1 Å². The lowest BCUT2D eigenvalue weighted by atomic mass is 10.1. The van der Waals surface area contributed by atoms with E-state index in [9.17, 15) is 18.0 Å². The van der Waals surface area contributed by atoms with Crippen LogP contribution in [0.2, 0.25) is 5.02 Å². The van der Waals surface area contributed by atoms with Crippen LogP contribution in [-0.2, 0) is 19.3 Å². The number of benzene rings is 2. The molecule has 5 nitrogen and oxygen atoms in total. The number of amides is 1. The number of hydrogen-bond acceptors (Lipinski definition) is 3. The first kappa shape index (κ1) is 24.6. The number of nitrogens with zero attached hydrogens (tertiary/aromatic N) is 2. The van der Waals surface area contributed by atoms with Crippen LogP contribution in [0.25, 0.3) is 0 Å². The summed E-state index contributed by atoms with van der Waals surface area (Å²) in [4.78, 5) is 12.5. The molecule has 2 aromatic carbocycles. The number of alkyl halides is 3. The normalized spacial score (nSPS) is 13.7. The zero-order valence-corrected chi connectivity index (χ0v) is 20.4. The summed E-state index contributed by atoms with van der Waals surface area (Å²) in [5, 5.41) is 6.22. The number of hydrogen-bond donors (Lipinski definition) is 1. The van der Waals surface area contributed by atoms with E-state index in [0.29, 0.717) is 30.8 Å². The van der Waals surface area contributed by atoms with Gasteiger partial charge in [0, 0.05) is 29.0 Å². The monoisotopic (exact) mass is 555 g/mol. The number of aryl methyl sites for hydroxylation is 1. The highest BCUT2D eigenvalue weighted by Gasteiger charge is 2.41. The van der Waals surface area contributed by atoms with Crippen molar-refractivity contribution in [2.45, 2.75) is 44.5 Å². The second kappa shape index (κ2) is 10.4. The van der Waals surface area contributed by atoms with E-state index in [4.69, 9.17) is 16.3 Å². The average molecular weight is 557 g/mol. The molecule has 1 aliphatic rings. The van der Waals surface area contributed by atoms with Gasteiger partial charge in [0.25, 0.3) is 5.91 Å². The van der Waals surface area contributed by atoms with Gasteiger partial charge >= 0.3 is 6.18 Å². The van der Waals surface area contributed by atoms with Crippen LogP contribution in [-0.4, -0.2) is 22.2 Å². The van der Waals surface area contributed by atoms with E-state index in [1.165, 1.54) is 4.68 Å². The van der Waals surface area contributed by atoms with E-state index >= 15 is 0 Å². The van der Waals surface area contributed by atoms with Gasteiger partial charge in [0.15, 0.2) is 5.69 Å². The minimum atomic E-state index is -4.59. The minimum Gasteiger partial charge on any atom is -0.489 e. The first-order valence-corrected chi connectivity index (χ1v) is 12.0.